The van der Waals surface area contributed by atoms with Gasteiger partial charge in [0.15, 0.2) is 0 Å². The van der Waals surface area contributed by atoms with Gasteiger partial charge in [-0.2, -0.15) is 0 Å². The van der Waals surface area contributed by atoms with Crippen molar-refractivity contribution in [2.75, 3.05) is 0 Å². The van der Waals surface area contributed by atoms with Gasteiger partial charge < -0.3 is 15.9 Å². The Morgan fingerprint density at radius 1 is 1.00 bits per heavy atom. The van der Waals surface area contributed by atoms with Gasteiger partial charge in [-0.3, -0.25) is 0 Å². The fourth-order valence-corrected chi connectivity index (χ4v) is 1.64. The van der Waals surface area contributed by atoms with Gasteiger partial charge in [0.1, 0.15) is 0 Å². The van der Waals surface area contributed by atoms with E-state index in [2.05, 4.69) is 0 Å². The molecule has 0 amide bonds. The number of aliphatic hydroxyl groups excluding tert-OH is 2. The zero-order valence-corrected chi connectivity index (χ0v) is 6.51. The van der Waals surface area contributed by atoms with Gasteiger partial charge in [0, 0.05) is 0 Å². The smallest absolute Gasteiger partial charge is 0.0973 e. The van der Waals surface area contributed by atoms with Crippen LogP contribution in [0.5, 0.6) is 0 Å². The van der Waals surface area contributed by atoms with Crippen LogP contribution in [-0.4, -0.2) is 16.3 Å². The van der Waals surface area contributed by atoms with Crippen molar-refractivity contribution in [1.29, 1.82) is 0 Å². The van der Waals surface area contributed by atoms with Gasteiger partial charge in [0.05, 0.1) is 18.2 Å². The number of nitrogens with two attached hydrogens (primary N) is 1. The molecule has 0 fully saturated rings. The normalized spacial score (nSPS) is 33.4. The van der Waals surface area contributed by atoms with Crippen molar-refractivity contribution < 1.29 is 10.2 Å². The Hall–Kier alpha value is -0.900. The molecular weight excluding hydrogens is 154 g/mol. The van der Waals surface area contributed by atoms with Crippen LogP contribution in [0.1, 0.15) is 23.3 Å². The van der Waals surface area contributed by atoms with Crippen molar-refractivity contribution in [1.82, 2.24) is 0 Å². The van der Waals surface area contributed by atoms with Crippen LogP contribution >= 0.6 is 0 Å². The molecule has 0 spiro atoms. The van der Waals surface area contributed by atoms with Crippen LogP contribution in [0.25, 0.3) is 0 Å². The molecule has 0 aliphatic heterocycles. The summed E-state index contributed by atoms with van der Waals surface area (Å²) in [6.45, 7) is 0. The molecule has 0 heterocycles. The van der Waals surface area contributed by atoms with Gasteiger partial charge in [-0.1, -0.05) is 24.3 Å². The molecule has 2 unspecified atom stereocenters. The van der Waals surface area contributed by atoms with Crippen molar-refractivity contribution in [3.63, 3.8) is 0 Å². The topological polar surface area (TPSA) is 66.5 Å². The number of rotatable bonds is 0. The van der Waals surface area contributed by atoms with Gasteiger partial charge in [0.2, 0.25) is 0 Å². The third kappa shape index (κ3) is 0.876. The molecule has 0 saturated heterocycles. The lowest BCUT2D eigenvalue weighted by molar-refractivity contribution is 0.0802. The number of fused-ring (bicyclic) bond motifs is 1. The molecule has 2 rings (SSSR count). The first kappa shape index (κ1) is 7.73. The molecule has 3 heteroatoms. The zero-order valence-electron chi connectivity index (χ0n) is 6.51. The Labute approximate surface area is 70.4 Å². The minimum absolute atomic E-state index is 0.581. The fraction of sp³-hybridized carbons (Fsp3) is 0.333. The highest BCUT2D eigenvalue weighted by molar-refractivity contribution is 5.37. The molecule has 4 N–H and O–H groups in total. The number of benzene rings is 1. The Kier molecular flexibility index (Phi) is 1.65. The number of hydrogen-bond acceptors (Lipinski definition) is 3. The molecule has 12 heavy (non-hydrogen) atoms. The van der Waals surface area contributed by atoms with E-state index in [-0.39, 0.29) is 0 Å². The summed E-state index contributed by atoms with van der Waals surface area (Å²) in [6.07, 6.45) is -1.45. The predicted molar refractivity (Wildman–Crippen MR) is 44.3 cm³/mol. The van der Waals surface area contributed by atoms with E-state index < -0.39 is 18.2 Å². The lowest BCUT2D eigenvalue weighted by Crippen LogP contribution is -2.28. The van der Waals surface area contributed by atoms with Crippen molar-refractivity contribution >= 4 is 0 Å². The van der Waals surface area contributed by atoms with E-state index in [1.807, 2.05) is 12.1 Å². The minimum Gasteiger partial charge on any atom is -0.387 e. The summed E-state index contributed by atoms with van der Waals surface area (Å²) < 4.78 is 0. The molecule has 2 atom stereocenters. The largest absolute Gasteiger partial charge is 0.387 e. The van der Waals surface area contributed by atoms with E-state index in [1.54, 1.807) is 12.1 Å². The molecule has 0 radical (unpaired) electrons. The van der Waals surface area contributed by atoms with E-state index in [1.165, 1.54) is 0 Å². The summed E-state index contributed by atoms with van der Waals surface area (Å²) in [4.78, 5) is 0. The summed E-state index contributed by atoms with van der Waals surface area (Å²) in [5.41, 5.74) is 7.07. The van der Waals surface area contributed by atoms with Gasteiger partial charge >= 0.3 is 0 Å². The van der Waals surface area contributed by atoms with Crippen molar-refractivity contribution in [2.24, 2.45) is 5.73 Å². The highest BCUT2D eigenvalue weighted by atomic mass is 16.3. The molecule has 1 aliphatic carbocycles. The molecule has 0 saturated carbocycles. The summed E-state index contributed by atoms with van der Waals surface area (Å²) in [5, 5.41) is 19.1. The van der Waals surface area contributed by atoms with E-state index in [9.17, 15) is 10.2 Å². The van der Waals surface area contributed by atoms with E-state index in [0.717, 1.165) is 11.1 Å². The maximum absolute atomic E-state index is 9.54. The monoisotopic (exact) mass is 165 g/mol. The van der Waals surface area contributed by atoms with Crippen LogP contribution in [0, 0.1) is 0 Å². The van der Waals surface area contributed by atoms with Crippen molar-refractivity contribution in [3.8, 4) is 0 Å². The molecule has 64 valence electrons. The fourth-order valence-electron chi connectivity index (χ4n) is 1.64. The molecule has 3 nitrogen and oxygen atoms in total. The average molecular weight is 165 g/mol. The molecule has 0 bridgehead atoms. The van der Waals surface area contributed by atoms with Crippen molar-refractivity contribution in [2.45, 2.75) is 18.2 Å². The summed E-state index contributed by atoms with van der Waals surface area (Å²) in [6, 6.07) is 6.65. The van der Waals surface area contributed by atoms with Gasteiger partial charge in [-0.25, -0.2) is 0 Å². The number of hydrogen-bond donors (Lipinski definition) is 3. The lowest BCUT2D eigenvalue weighted by Gasteiger charge is -2.11. The second kappa shape index (κ2) is 2.55. The molecule has 1 aromatic carbocycles. The Morgan fingerprint density at radius 3 is 1.83 bits per heavy atom. The quantitative estimate of drug-likeness (QED) is 0.510. The highest BCUT2D eigenvalue weighted by Gasteiger charge is 2.35. The first-order valence-electron chi connectivity index (χ1n) is 3.92. The standard InChI is InChI=1S/C9H11NO2/c10-7-8(11)5-3-1-2-4-6(5)9(7)12/h1-4,7-9,11-12H,10H2. The molecular formula is C9H11NO2. The maximum atomic E-state index is 9.54. The van der Waals surface area contributed by atoms with Gasteiger partial charge in [0.25, 0.3) is 0 Å². The Balaban J connectivity index is 2.52. The van der Waals surface area contributed by atoms with Crippen LogP contribution in [0.3, 0.4) is 0 Å². The van der Waals surface area contributed by atoms with E-state index in [0.29, 0.717) is 0 Å². The minimum atomic E-state index is -0.726. The number of aliphatic hydroxyl groups is 2. The van der Waals surface area contributed by atoms with Crippen LogP contribution in [0.2, 0.25) is 0 Å². The van der Waals surface area contributed by atoms with Crippen molar-refractivity contribution in [3.05, 3.63) is 35.4 Å². The average Bonchev–Trinajstić information content (AvgIpc) is 2.33. The van der Waals surface area contributed by atoms with E-state index in [4.69, 9.17) is 5.73 Å². The second-order valence-electron chi connectivity index (χ2n) is 3.10. The maximum Gasteiger partial charge on any atom is 0.0973 e. The second-order valence-corrected chi connectivity index (χ2v) is 3.10. The molecule has 1 aromatic rings. The lowest BCUT2D eigenvalue weighted by atomic mass is 10.1. The summed E-state index contributed by atoms with van der Waals surface area (Å²) in [5.74, 6) is 0. The third-order valence-corrected chi connectivity index (χ3v) is 2.36. The van der Waals surface area contributed by atoms with Crippen LogP contribution in [0.15, 0.2) is 24.3 Å². The Bertz CT molecular complexity index is 271. The third-order valence-electron chi connectivity index (χ3n) is 2.36. The Morgan fingerprint density at radius 2 is 1.42 bits per heavy atom. The summed E-state index contributed by atoms with van der Waals surface area (Å²) in [7, 11) is 0. The van der Waals surface area contributed by atoms with Gasteiger partial charge in [-0.05, 0) is 11.1 Å². The van der Waals surface area contributed by atoms with Gasteiger partial charge in [-0.15, -0.1) is 0 Å². The zero-order chi connectivity index (χ0) is 8.72. The molecule has 0 aromatic heterocycles. The summed E-state index contributed by atoms with van der Waals surface area (Å²) >= 11 is 0. The highest BCUT2D eigenvalue weighted by Crippen LogP contribution is 2.37. The first-order chi connectivity index (χ1) is 5.72. The van der Waals surface area contributed by atoms with Crippen LogP contribution in [-0.2, 0) is 0 Å². The SMILES string of the molecule is NC1C(O)c2ccccc2C1O. The van der Waals surface area contributed by atoms with Crippen LogP contribution < -0.4 is 5.73 Å². The molecule has 1 aliphatic rings. The van der Waals surface area contributed by atoms with E-state index >= 15 is 0 Å². The predicted octanol–water partition coefficient (Wildman–Crippen LogP) is 0.0943. The van der Waals surface area contributed by atoms with Crippen LogP contribution in [0.4, 0.5) is 0 Å². The first-order valence-corrected chi connectivity index (χ1v) is 3.92.